The molecule has 10 nitrogen and oxygen atoms in total. The lowest BCUT2D eigenvalue weighted by atomic mass is 9.32. The number of nitro benzene ring substituents is 1. The fraction of sp³-hybridized carbons (Fsp3) is 0.825. The number of benzene rings is 1. The molecule has 0 aromatic heterocycles. The molecule has 1 saturated heterocycles. The highest BCUT2D eigenvalue weighted by atomic mass is 16.7. The lowest BCUT2D eigenvalue weighted by Crippen LogP contribution is -2.67. The van der Waals surface area contributed by atoms with E-state index >= 15 is 0 Å². The van der Waals surface area contributed by atoms with Crippen LogP contribution in [0.5, 0.6) is 5.75 Å². The zero-order valence-corrected chi connectivity index (χ0v) is 31.9. The summed E-state index contributed by atoms with van der Waals surface area (Å²) in [5.41, 5.74) is -2.04. The van der Waals surface area contributed by atoms with Gasteiger partial charge in [0.15, 0.2) is 0 Å². The molecule has 4 aliphatic carbocycles. The number of carbonyl (C=O) groups excluding carboxylic acids is 1. The van der Waals surface area contributed by atoms with Gasteiger partial charge in [0.2, 0.25) is 0 Å². The highest BCUT2D eigenvalue weighted by Gasteiger charge is 2.77. The quantitative estimate of drug-likeness (QED) is 0.125. The van der Waals surface area contributed by atoms with E-state index in [1.165, 1.54) is 24.3 Å². The Balaban J connectivity index is 1.24. The molecule has 0 bridgehead atoms. The number of fused-ring (bicyclic) bond motifs is 7. The summed E-state index contributed by atoms with van der Waals surface area (Å²) in [4.78, 5) is 23.6. The van der Waals surface area contributed by atoms with Gasteiger partial charge < -0.3 is 29.2 Å². The number of non-ortho nitro benzene ring substituents is 1. The molecule has 0 spiro atoms. The number of hydrogen-bond donors (Lipinski definition) is 2. The third-order valence-electron chi connectivity index (χ3n) is 15.8. The second kappa shape index (κ2) is 12.4. The molecule has 10 heteroatoms. The first kappa shape index (κ1) is 37.5. The van der Waals surface area contributed by atoms with Gasteiger partial charge in [-0.2, -0.15) is 0 Å². The molecule has 4 saturated carbocycles. The zero-order valence-electron chi connectivity index (χ0n) is 31.9. The topological polar surface area (TPSA) is 138 Å². The van der Waals surface area contributed by atoms with Crippen molar-refractivity contribution >= 4 is 11.8 Å². The Morgan fingerprint density at radius 2 is 1.60 bits per heavy atom. The van der Waals surface area contributed by atoms with Crippen LogP contribution < -0.4 is 4.74 Å². The van der Waals surface area contributed by atoms with E-state index in [2.05, 4.69) is 48.5 Å². The molecule has 1 heterocycles. The van der Waals surface area contributed by atoms with Crippen molar-refractivity contribution in [2.75, 3.05) is 6.61 Å². The molecular formula is C40H61NO9. The van der Waals surface area contributed by atoms with Crippen molar-refractivity contribution in [2.45, 2.75) is 150 Å². The van der Waals surface area contributed by atoms with Gasteiger partial charge in [-0.1, -0.05) is 48.5 Å². The van der Waals surface area contributed by atoms with Crippen LogP contribution in [0.3, 0.4) is 0 Å². The van der Waals surface area contributed by atoms with E-state index in [9.17, 15) is 25.1 Å². The smallest absolute Gasteiger partial charge is 0.430 e. The van der Waals surface area contributed by atoms with Crippen LogP contribution in [0.2, 0.25) is 0 Å². The monoisotopic (exact) mass is 699 g/mol. The number of hydrogen-bond acceptors (Lipinski definition) is 9. The molecule has 0 amide bonds. The summed E-state index contributed by atoms with van der Waals surface area (Å²) in [7, 11) is 0. The van der Waals surface area contributed by atoms with E-state index < -0.39 is 28.9 Å². The zero-order chi connectivity index (χ0) is 36.8. The van der Waals surface area contributed by atoms with Gasteiger partial charge in [0.05, 0.1) is 28.8 Å². The summed E-state index contributed by atoms with van der Waals surface area (Å²) in [6.07, 6.45) is 3.56. The summed E-state index contributed by atoms with van der Waals surface area (Å²) < 4.78 is 24.5. The summed E-state index contributed by atoms with van der Waals surface area (Å²) in [6, 6.07) is 5.43. The van der Waals surface area contributed by atoms with Gasteiger partial charge in [-0.05, 0) is 118 Å². The average Bonchev–Trinajstić information content (AvgIpc) is 3.20. The first-order valence-corrected chi connectivity index (χ1v) is 19.0. The van der Waals surface area contributed by atoms with Gasteiger partial charge in [-0.15, -0.1) is 0 Å². The van der Waals surface area contributed by atoms with Gasteiger partial charge >= 0.3 is 6.16 Å². The van der Waals surface area contributed by atoms with Crippen molar-refractivity contribution in [1.82, 2.24) is 0 Å². The SMILES string of the molecule is CCO[C@@H]([C@H]1C[C@@H](C)C2[C@H](O1)[C@H](O)[C@@]1(C)[C@@H]3CC[C@H]4C(C)(C)[C@@H](OC(=O)Oc5ccc([N+](=O)[O-])cc5)CC[C@]4(C)[C@]3(C)CC[C@]21C)C(C)(C)O. The van der Waals surface area contributed by atoms with E-state index in [-0.39, 0.29) is 74.6 Å². The minimum Gasteiger partial charge on any atom is -0.430 e. The molecule has 50 heavy (non-hydrogen) atoms. The third kappa shape index (κ3) is 5.35. The largest absolute Gasteiger partial charge is 0.514 e. The Bertz CT molecular complexity index is 1460. The van der Waals surface area contributed by atoms with Crippen molar-refractivity contribution in [3.05, 3.63) is 34.4 Å². The van der Waals surface area contributed by atoms with Gasteiger partial charge in [0, 0.05) is 29.6 Å². The Hall–Kier alpha value is -2.27. The fourth-order valence-corrected chi connectivity index (χ4v) is 13.1. The Kier molecular flexibility index (Phi) is 9.31. The van der Waals surface area contributed by atoms with Crippen LogP contribution in [-0.4, -0.2) is 64.0 Å². The van der Waals surface area contributed by atoms with E-state index in [1.807, 2.05) is 6.92 Å². The fourth-order valence-electron chi connectivity index (χ4n) is 13.1. The van der Waals surface area contributed by atoms with Gasteiger partial charge in [0.1, 0.15) is 18.0 Å². The second-order valence-electron chi connectivity index (χ2n) is 18.6. The van der Waals surface area contributed by atoms with Crippen molar-refractivity contribution in [3.63, 3.8) is 0 Å². The molecule has 5 fully saturated rings. The lowest BCUT2D eigenvalue weighted by molar-refractivity contribution is -0.384. The molecule has 1 unspecified atom stereocenters. The summed E-state index contributed by atoms with van der Waals surface area (Å²) in [6.45, 7) is 22.5. The van der Waals surface area contributed by atoms with Crippen LogP contribution in [-0.2, 0) is 14.2 Å². The number of nitro groups is 1. The number of aliphatic hydroxyl groups excluding tert-OH is 1. The maximum Gasteiger partial charge on any atom is 0.514 e. The molecule has 1 aliphatic heterocycles. The van der Waals surface area contributed by atoms with Crippen molar-refractivity contribution in [3.8, 4) is 5.75 Å². The number of nitrogens with zero attached hydrogens (tertiary/aromatic N) is 1. The van der Waals surface area contributed by atoms with E-state index in [0.717, 1.165) is 38.5 Å². The number of aliphatic hydroxyl groups is 2. The predicted molar refractivity (Wildman–Crippen MR) is 189 cm³/mol. The maximum absolute atomic E-state index is 13.0. The van der Waals surface area contributed by atoms with Crippen LogP contribution in [0, 0.1) is 60.9 Å². The summed E-state index contributed by atoms with van der Waals surface area (Å²) in [5.74, 6) is 1.29. The van der Waals surface area contributed by atoms with Crippen LogP contribution in [0.25, 0.3) is 0 Å². The van der Waals surface area contributed by atoms with Crippen LogP contribution in [0.4, 0.5) is 10.5 Å². The predicted octanol–water partition coefficient (Wildman–Crippen LogP) is 8.10. The first-order chi connectivity index (χ1) is 23.2. The summed E-state index contributed by atoms with van der Waals surface area (Å²) in [5, 5.41) is 34.7. The molecule has 2 N–H and O–H groups in total. The Morgan fingerprint density at radius 3 is 2.20 bits per heavy atom. The standard InChI is InChI=1S/C40H61NO9/c1-11-47-33(36(5,6)44)26-22-23(2)30-31(49-26)32(42)40(10)28-17-16-27-35(3,4)29(18-19-37(27,7)38(28,8)20-21-39(30,40)9)50-34(43)48-25-14-12-24(13-15-25)41(45)46/h12-15,23,26-33,42,44H,11,16-22H2,1-10H3/t23-,26-,27+,28-,29+,30?,31+,32+,33+,37+,38-,39-,40-/m1/s1. The molecule has 0 radical (unpaired) electrons. The van der Waals surface area contributed by atoms with Crippen LogP contribution in [0.15, 0.2) is 24.3 Å². The highest BCUT2D eigenvalue weighted by Crippen LogP contribution is 2.79. The van der Waals surface area contributed by atoms with Crippen LogP contribution >= 0.6 is 0 Å². The van der Waals surface area contributed by atoms with E-state index in [0.29, 0.717) is 18.9 Å². The van der Waals surface area contributed by atoms with Crippen molar-refractivity contribution in [2.24, 2.45) is 50.7 Å². The second-order valence-corrected chi connectivity index (χ2v) is 18.6. The first-order valence-electron chi connectivity index (χ1n) is 19.0. The number of rotatable bonds is 7. The molecule has 280 valence electrons. The average molecular weight is 700 g/mol. The minimum atomic E-state index is -1.07. The van der Waals surface area contributed by atoms with Gasteiger partial charge in [0.25, 0.3) is 5.69 Å². The maximum atomic E-state index is 13.0. The lowest BCUT2D eigenvalue weighted by Gasteiger charge is -2.72. The summed E-state index contributed by atoms with van der Waals surface area (Å²) >= 11 is 0. The molecule has 6 rings (SSSR count). The third-order valence-corrected chi connectivity index (χ3v) is 15.8. The van der Waals surface area contributed by atoms with Gasteiger partial charge in [-0.3, -0.25) is 10.1 Å². The van der Waals surface area contributed by atoms with Gasteiger partial charge in [-0.25, -0.2) is 4.79 Å². The van der Waals surface area contributed by atoms with E-state index in [1.54, 1.807) is 13.8 Å². The number of ether oxygens (including phenoxy) is 4. The van der Waals surface area contributed by atoms with Crippen molar-refractivity contribution in [1.29, 1.82) is 0 Å². The highest BCUT2D eigenvalue weighted by molar-refractivity contribution is 5.64. The Morgan fingerprint density at radius 1 is 1.00 bits per heavy atom. The molecule has 1 aromatic carbocycles. The minimum absolute atomic E-state index is 0.0463. The molecule has 1 aromatic rings. The molecular weight excluding hydrogens is 638 g/mol. The van der Waals surface area contributed by atoms with Crippen LogP contribution in [0.1, 0.15) is 114 Å². The molecule has 13 atom stereocenters. The molecule has 5 aliphatic rings. The van der Waals surface area contributed by atoms with E-state index in [4.69, 9.17) is 18.9 Å². The Labute approximate surface area is 298 Å². The number of carbonyl (C=O) groups is 1. The van der Waals surface area contributed by atoms with Crippen molar-refractivity contribution < 1.29 is 38.9 Å². The normalized spacial score (nSPS) is 44.2.